The van der Waals surface area contributed by atoms with Crippen LogP contribution >= 0.6 is 12.4 Å². The van der Waals surface area contributed by atoms with Crippen molar-refractivity contribution in [3.8, 4) is 11.1 Å². The van der Waals surface area contributed by atoms with E-state index in [0.29, 0.717) is 0 Å². The lowest BCUT2D eigenvalue weighted by Gasteiger charge is -2.24. The maximum atomic E-state index is 10.3. The number of hydrogen-bond acceptors (Lipinski definition) is 2. The van der Waals surface area contributed by atoms with Crippen molar-refractivity contribution in [3.05, 3.63) is 60.2 Å². The highest BCUT2D eigenvalue weighted by atomic mass is 35.5. The molecule has 2 rings (SSSR count). The van der Waals surface area contributed by atoms with Gasteiger partial charge in [0.2, 0.25) is 0 Å². The highest BCUT2D eigenvalue weighted by Gasteiger charge is 2.21. The molecule has 2 nitrogen and oxygen atoms in total. The van der Waals surface area contributed by atoms with E-state index < -0.39 is 6.10 Å². The zero-order valence-corrected chi connectivity index (χ0v) is 13.4. The van der Waals surface area contributed by atoms with Gasteiger partial charge in [0, 0.05) is 0 Å². The minimum Gasteiger partial charge on any atom is -0.391 e. The first-order valence-electron chi connectivity index (χ1n) is 7.22. The van der Waals surface area contributed by atoms with Crippen LogP contribution in [0.5, 0.6) is 0 Å². The van der Waals surface area contributed by atoms with Crippen molar-refractivity contribution in [2.45, 2.75) is 32.4 Å². The fourth-order valence-corrected chi connectivity index (χ4v) is 2.35. The van der Waals surface area contributed by atoms with E-state index in [2.05, 4.69) is 31.2 Å². The summed E-state index contributed by atoms with van der Waals surface area (Å²) in [4.78, 5) is 0. The summed E-state index contributed by atoms with van der Waals surface area (Å²) in [6.07, 6.45) is 0.416. The number of nitrogens with two attached hydrogens (primary N) is 1. The van der Waals surface area contributed by atoms with Gasteiger partial charge in [-0.1, -0.05) is 68.8 Å². The van der Waals surface area contributed by atoms with E-state index in [4.69, 9.17) is 5.73 Å². The van der Waals surface area contributed by atoms with Gasteiger partial charge in [0.25, 0.3) is 0 Å². The van der Waals surface area contributed by atoms with Gasteiger partial charge in [-0.2, -0.15) is 0 Å². The molecule has 0 saturated heterocycles. The number of rotatable bonds is 5. The van der Waals surface area contributed by atoms with Crippen molar-refractivity contribution in [1.29, 1.82) is 0 Å². The molecule has 3 atom stereocenters. The molecule has 0 radical (unpaired) electrons. The largest absolute Gasteiger partial charge is 0.391 e. The maximum Gasteiger partial charge on any atom is 0.0758 e. The van der Waals surface area contributed by atoms with Crippen LogP contribution in [0.25, 0.3) is 11.1 Å². The minimum absolute atomic E-state index is 0. The molecule has 0 bridgehead atoms. The predicted molar refractivity (Wildman–Crippen MR) is 91.5 cm³/mol. The lowest BCUT2D eigenvalue weighted by Crippen LogP contribution is -2.31. The molecule has 1 unspecified atom stereocenters. The van der Waals surface area contributed by atoms with Crippen LogP contribution in [0, 0.1) is 5.92 Å². The van der Waals surface area contributed by atoms with Crippen molar-refractivity contribution in [1.82, 2.24) is 0 Å². The Morgan fingerprint density at radius 3 is 2.24 bits per heavy atom. The van der Waals surface area contributed by atoms with Crippen molar-refractivity contribution >= 4 is 12.4 Å². The van der Waals surface area contributed by atoms with E-state index in [1.54, 1.807) is 0 Å². The third-order valence-corrected chi connectivity index (χ3v) is 3.97. The van der Waals surface area contributed by atoms with E-state index in [1.165, 1.54) is 5.56 Å². The van der Waals surface area contributed by atoms with Crippen LogP contribution in [0.4, 0.5) is 0 Å². The van der Waals surface area contributed by atoms with Gasteiger partial charge in [-0.25, -0.2) is 0 Å². The number of aliphatic hydroxyl groups is 1. The summed E-state index contributed by atoms with van der Waals surface area (Å²) in [5, 5.41) is 10.3. The molecule has 0 aliphatic heterocycles. The average Bonchev–Trinajstić information content (AvgIpc) is 2.53. The molecule has 21 heavy (non-hydrogen) atoms. The quantitative estimate of drug-likeness (QED) is 0.870. The molecule has 3 heteroatoms. The molecule has 0 spiro atoms. The van der Waals surface area contributed by atoms with Gasteiger partial charge in [0.1, 0.15) is 0 Å². The molecule has 0 fully saturated rings. The van der Waals surface area contributed by atoms with Crippen LogP contribution < -0.4 is 5.73 Å². The van der Waals surface area contributed by atoms with E-state index in [1.807, 2.05) is 37.3 Å². The molecule has 0 saturated carbocycles. The lowest BCUT2D eigenvalue weighted by atomic mass is 9.90. The highest BCUT2D eigenvalue weighted by molar-refractivity contribution is 5.85. The molecule has 2 aromatic carbocycles. The normalized spacial score (nSPS) is 14.9. The molecule has 0 amide bonds. The van der Waals surface area contributed by atoms with E-state index in [0.717, 1.165) is 17.5 Å². The monoisotopic (exact) mass is 305 g/mol. The molecule has 114 valence electrons. The number of hydrogen-bond donors (Lipinski definition) is 2. The molecule has 0 aromatic heterocycles. The summed E-state index contributed by atoms with van der Waals surface area (Å²) >= 11 is 0. The van der Waals surface area contributed by atoms with Crippen LogP contribution in [-0.2, 0) is 0 Å². The van der Waals surface area contributed by atoms with Gasteiger partial charge in [-0.3, -0.25) is 0 Å². The fourth-order valence-electron chi connectivity index (χ4n) is 2.35. The number of halogens is 1. The molecular formula is C18H24ClNO. The second-order valence-electron chi connectivity index (χ2n) is 5.39. The van der Waals surface area contributed by atoms with Crippen LogP contribution in [0.3, 0.4) is 0 Å². The summed E-state index contributed by atoms with van der Waals surface area (Å²) in [5.74, 6) is 0.199. The second-order valence-corrected chi connectivity index (χ2v) is 5.39. The predicted octanol–water partition coefficient (Wildman–Crippen LogP) is 4.18. The third kappa shape index (κ3) is 4.31. The summed E-state index contributed by atoms with van der Waals surface area (Å²) in [6, 6.07) is 18.0. The minimum atomic E-state index is -0.508. The first kappa shape index (κ1) is 17.7. The average molecular weight is 306 g/mol. The van der Waals surface area contributed by atoms with Crippen molar-refractivity contribution in [3.63, 3.8) is 0 Å². The van der Waals surface area contributed by atoms with Crippen molar-refractivity contribution in [2.24, 2.45) is 11.7 Å². The number of benzene rings is 2. The first-order chi connectivity index (χ1) is 9.63. The van der Waals surface area contributed by atoms with Crippen LogP contribution in [0.15, 0.2) is 54.6 Å². The van der Waals surface area contributed by atoms with Gasteiger partial charge < -0.3 is 10.8 Å². The maximum absolute atomic E-state index is 10.3. The molecule has 2 aromatic rings. The van der Waals surface area contributed by atoms with E-state index in [9.17, 15) is 5.11 Å². The van der Waals surface area contributed by atoms with E-state index >= 15 is 0 Å². The zero-order valence-electron chi connectivity index (χ0n) is 12.6. The first-order valence-corrected chi connectivity index (χ1v) is 7.22. The Hall–Kier alpha value is -1.35. The second kappa shape index (κ2) is 8.18. The smallest absolute Gasteiger partial charge is 0.0758 e. The summed E-state index contributed by atoms with van der Waals surface area (Å²) in [7, 11) is 0. The Labute approximate surface area is 133 Å². The van der Waals surface area contributed by atoms with Gasteiger partial charge in [0.15, 0.2) is 0 Å². The zero-order chi connectivity index (χ0) is 14.5. The summed E-state index contributed by atoms with van der Waals surface area (Å²) in [6.45, 7) is 4.10. The van der Waals surface area contributed by atoms with Crippen LogP contribution in [-0.4, -0.2) is 11.2 Å². The third-order valence-electron chi connectivity index (χ3n) is 3.97. The lowest BCUT2D eigenvalue weighted by molar-refractivity contribution is 0.0880. The van der Waals surface area contributed by atoms with E-state index in [-0.39, 0.29) is 24.4 Å². The Balaban J connectivity index is 0.00000220. The van der Waals surface area contributed by atoms with Gasteiger partial charge in [-0.05, 0) is 28.7 Å². The molecule has 0 aliphatic carbocycles. The highest BCUT2D eigenvalue weighted by Crippen LogP contribution is 2.26. The summed E-state index contributed by atoms with van der Waals surface area (Å²) in [5.41, 5.74) is 9.50. The Kier molecular flexibility index (Phi) is 6.90. The topological polar surface area (TPSA) is 46.2 Å². The van der Waals surface area contributed by atoms with Gasteiger partial charge in [0.05, 0.1) is 12.1 Å². The fraction of sp³-hybridized carbons (Fsp3) is 0.333. The molecule has 3 N–H and O–H groups in total. The van der Waals surface area contributed by atoms with Crippen LogP contribution in [0.1, 0.15) is 31.9 Å². The number of aliphatic hydroxyl groups excluding tert-OH is 1. The standard InChI is InChI=1S/C18H23NO.ClH/c1-3-13(2)18(20)17(19)16-11-7-10-15(12-16)14-8-5-4-6-9-14;/h4-13,17-18,20H,3,19H2,1-2H3;1H/t13?,17-,18+;/m0./s1. The molecule has 0 aliphatic rings. The van der Waals surface area contributed by atoms with Crippen LogP contribution in [0.2, 0.25) is 0 Å². The Morgan fingerprint density at radius 1 is 1.00 bits per heavy atom. The Bertz CT molecular complexity index is 544. The van der Waals surface area contributed by atoms with Crippen molar-refractivity contribution in [2.75, 3.05) is 0 Å². The van der Waals surface area contributed by atoms with Gasteiger partial charge >= 0.3 is 0 Å². The Morgan fingerprint density at radius 2 is 1.62 bits per heavy atom. The van der Waals surface area contributed by atoms with Crippen molar-refractivity contribution < 1.29 is 5.11 Å². The molecule has 0 heterocycles. The summed E-state index contributed by atoms with van der Waals surface area (Å²) < 4.78 is 0. The van der Waals surface area contributed by atoms with Gasteiger partial charge in [-0.15, -0.1) is 12.4 Å². The molecular weight excluding hydrogens is 282 g/mol. The SMILES string of the molecule is CCC(C)[C@@H](O)[C@@H](N)c1cccc(-c2ccccc2)c1.Cl.